The summed E-state index contributed by atoms with van der Waals surface area (Å²) in [5, 5.41) is -0.464. The molecular formula is C6H4ClF3N2O2. The third kappa shape index (κ3) is 2.63. The summed E-state index contributed by atoms with van der Waals surface area (Å²) in [6.07, 6.45) is -3.89. The zero-order chi connectivity index (χ0) is 10.9. The Morgan fingerprint density at radius 2 is 2.00 bits per heavy atom. The van der Waals surface area contributed by atoms with Gasteiger partial charge in [-0.05, 0) is 0 Å². The minimum atomic E-state index is -4.54. The summed E-state index contributed by atoms with van der Waals surface area (Å²) in [6, 6.07) is 0. The molecule has 0 bridgehead atoms. The number of hydrogen-bond acceptors (Lipinski definition) is 2. The number of aromatic nitrogens is 2. The van der Waals surface area contributed by atoms with E-state index in [1.165, 1.54) is 0 Å². The van der Waals surface area contributed by atoms with Crippen LogP contribution in [0.25, 0.3) is 0 Å². The Morgan fingerprint density at radius 1 is 1.43 bits per heavy atom. The lowest BCUT2D eigenvalue weighted by Gasteiger charge is -2.08. The van der Waals surface area contributed by atoms with Gasteiger partial charge >= 0.3 is 11.9 Å². The van der Waals surface area contributed by atoms with Crippen molar-refractivity contribution in [1.82, 2.24) is 9.55 Å². The van der Waals surface area contributed by atoms with Gasteiger partial charge in [-0.3, -0.25) is 14.3 Å². The summed E-state index contributed by atoms with van der Waals surface area (Å²) < 4.78 is 35.9. The lowest BCUT2D eigenvalue weighted by atomic mass is 10.5. The van der Waals surface area contributed by atoms with Gasteiger partial charge in [0.05, 0.1) is 0 Å². The predicted molar refractivity (Wildman–Crippen MR) is 42.4 cm³/mol. The highest BCUT2D eigenvalue weighted by Crippen LogP contribution is 2.16. The van der Waals surface area contributed by atoms with Crippen LogP contribution in [0.5, 0.6) is 0 Å². The lowest BCUT2D eigenvalue weighted by molar-refractivity contribution is -0.141. The van der Waals surface area contributed by atoms with E-state index in [0.29, 0.717) is 6.20 Å². The molecule has 0 spiro atoms. The highest BCUT2D eigenvalue weighted by molar-refractivity contribution is 6.30. The second-order valence-corrected chi connectivity index (χ2v) is 2.89. The summed E-state index contributed by atoms with van der Waals surface area (Å²) in [6.45, 7) is -1.48. The van der Waals surface area contributed by atoms with Crippen molar-refractivity contribution in [1.29, 1.82) is 0 Å². The van der Waals surface area contributed by atoms with Crippen molar-refractivity contribution in [2.24, 2.45) is 0 Å². The molecule has 0 aliphatic carbocycles. The van der Waals surface area contributed by atoms with E-state index in [1.54, 1.807) is 4.98 Å². The summed E-state index contributed by atoms with van der Waals surface area (Å²) in [7, 11) is 0. The average Bonchev–Trinajstić information content (AvgIpc) is 1.97. The first-order chi connectivity index (χ1) is 6.29. The molecule has 14 heavy (non-hydrogen) atoms. The van der Waals surface area contributed by atoms with Crippen molar-refractivity contribution >= 4 is 11.6 Å². The second-order valence-electron chi connectivity index (χ2n) is 2.48. The largest absolute Gasteiger partial charge is 0.406 e. The van der Waals surface area contributed by atoms with Crippen LogP contribution < -0.4 is 11.2 Å². The van der Waals surface area contributed by atoms with Crippen molar-refractivity contribution in [2.75, 3.05) is 0 Å². The predicted octanol–water partition coefficient (Wildman–Crippen LogP) is 0.752. The fourth-order valence-electron chi connectivity index (χ4n) is 0.793. The molecule has 0 aromatic carbocycles. The van der Waals surface area contributed by atoms with Crippen molar-refractivity contribution in [3.63, 3.8) is 0 Å². The maximum absolute atomic E-state index is 11.9. The number of H-pyrrole nitrogens is 1. The van der Waals surface area contributed by atoms with E-state index < -0.39 is 29.0 Å². The first kappa shape index (κ1) is 10.8. The van der Waals surface area contributed by atoms with Gasteiger partial charge in [0.25, 0.3) is 5.56 Å². The molecule has 0 fully saturated rings. The van der Waals surface area contributed by atoms with Crippen LogP contribution in [0.1, 0.15) is 0 Å². The Morgan fingerprint density at radius 3 is 2.50 bits per heavy atom. The van der Waals surface area contributed by atoms with Crippen molar-refractivity contribution in [2.45, 2.75) is 12.7 Å². The van der Waals surface area contributed by atoms with Gasteiger partial charge in [-0.2, -0.15) is 13.2 Å². The van der Waals surface area contributed by atoms with E-state index in [-0.39, 0.29) is 4.57 Å². The minimum absolute atomic E-state index is 0.281. The number of nitrogens with one attached hydrogen (secondary N) is 1. The maximum Gasteiger partial charge on any atom is 0.406 e. The molecule has 0 amide bonds. The van der Waals surface area contributed by atoms with Crippen molar-refractivity contribution in [3.8, 4) is 0 Å². The van der Waals surface area contributed by atoms with Crippen molar-refractivity contribution < 1.29 is 13.2 Å². The minimum Gasteiger partial charge on any atom is -0.290 e. The highest BCUT2D eigenvalue weighted by atomic mass is 35.5. The summed E-state index contributed by atoms with van der Waals surface area (Å²) >= 11 is 5.24. The molecule has 0 aliphatic heterocycles. The Bertz CT molecular complexity index is 448. The molecule has 1 aromatic rings. The van der Waals surface area contributed by atoms with E-state index in [1.807, 2.05) is 0 Å². The van der Waals surface area contributed by atoms with Crippen LogP contribution in [0.3, 0.4) is 0 Å². The van der Waals surface area contributed by atoms with Gasteiger partial charge in [0.15, 0.2) is 0 Å². The standard InChI is InChI=1S/C6H4ClF3N2O2/c7-3-1-12(2-6(8,9)10)5(14)11-4(3)13/h1H,2H2,(H,11,13,14). The molecule has 78 valence electrons. The highest BCUT2D eigenvalue weighted by Gasteiger charge is 2.28. The Balaban J connectivity index is 3.18. The van der Waals surface area contributed by atoms with Gasteiger partial charge in [-0.15, -0.1) is 0 Å². The zero-order valence-corrected chi connectivity index (χ0v) is 7.32. The van der Waals surface area contributed by atoms with E-state index in [2.05, 4.69) is 0 Å². The maximum atomic E-state index is 11.9. The molecule has 0 unspecified atom stereocenters. The molecule has 0 atom stereocenters. The topological polar surface area (TPSA) is 54.9 Å². The molecule has 1 aromatic heterocycles. The second kappa shape index (κ2) is 3.49. The molecule has 0 aliphatic rings. The fraction of sp³-hybridized carbons (Fsp3) is 0.333. The molecule has 1 rings (SSSR count). The van der Waals surface area contributed by atoms with Gasteiger partial charge in [0, 0.05) is 6.20 Å². The van der Waals surface area contributed by atoms with E-state index in [9.17, 15) is 22.8 Å². The molecule has 1 N–H and O–H groups in total. The monoisotopic (exact) mass is 228 g/mol. The number of alkyl halides is 3. The van der Waals surface area contributed by atoms with E-state index in [4.69, 9.17) is 11.6 Å². The van der Waals surface area contributed by atoms with E-state index >= 15 is 0 Å². The lowest BCUT2D eigenvalue weighted by Crippen LogP contribution is -2.33. The zero-order valence-electron chi connectivity index (χ0n) is 6.56. The van der Waals surface area contributed by atoms with E-state index in [0.717, 1.165) is 0 Å². The number of rotatable bonds is 1. The number of hydrogen-bond donors (Lipinski definition) is 1. The quantitative estimate of drug-likeness (QED) is 0.771. The summed E-state index contributed by atoms with van der Waals surface area (Å²) in [5.74, 6) is 0. The fourth-order valence-corrected chi connectivity index (χ4v) is 0.958. The van der Waals surface area contributed by atoms with Crippen LogP contribution in [0, 0.1) is 0 Å². The molecule has 0 saturated carbocycles. The van der Waals surface area contributed by atoms with Crippen LogP contribution in [0.2, 0.25) is 5.02 Å². The van der Waals surface area contributed by atoms with Gasteiger partial charge in [-0.1, -0.05) is 11.6 Å². The van der Waals surface area contributed by atoms with Gasteiger partial charge in [-0.25, -0.2) is 4.79 Å². The molecule has 0 radical (unpaired) electrons. The molecule has 8 heteroatoms. The first-order valence-electron chi connectivity index (χ1n) is 3.35. The Kier molecular flexibility index (Phi) is 2.70. The molecule has 1 heterocycles. The summed E-state index contributed by atoms with van der Waals surface area (Å²) in [4.78, 5) is 23.1. The van der Waals surface area contributed by atoms with Gasteiger partial charge in [0.1, 0.15) is 11.6 Å². The van der Waals surface area contributed by atoms with Crippen LogP contribution in [0.15, 0.2) is 15.8 Å². The SMILES string of the molecule is O=c1[nH]c(=O)n(CC(F)(F)F)cc1Cl. The molecule has 0 saturated heterocycles. The third-order valence-corrected chi connectivity index (χ3v) is 1.59. The summed E-state index contributed by atoms with van der Waals surface area (Å²) in [5.41, 5.74) is -2.05. The average molecular weight is 229 g/mol. The van der Waals surface area contributed by atoms with Crippen molar-refractivity contribution in [3.05, 3.63) is 32.1 Å². The van der Waals surface area contributed by atoms with Crippen LogP contribution in [-0.2, 0) is 6.54 Å². The van der Waals surface area contributed by atoms with Crippen LogP contribution in [-0.4, -0.2) is 15.7 Å². The number of halogens is 4. The Labute approximate surface area is 79.9 Å². The van der Waals surface area contributed by atoms with Gasteiger partial charge in [0.2, 0.25) is 0 Å². The first-order valence-corrected chi connectivity index (χ1v) is 3.73. The van der Waals surface area contributed by atoms with Crippen LogP contribution in [0.4, 0.5) is 13.2 Å². The van der Waals surface area contributed by atoms with Gasteiger partial charge < -0.3 is 0 Å². The third-order valence-electron chi connectivity index (χ3n) is 1.32. The normalized spacial score (nSPS) is 11.7. The number of nitrogens with zero attached hydrogens (tertiary/aromatic N) is 1. The Hall–Kier alpha value is -1.24. The molecular weight excluding hydrogens is 225 g/mol. The smallest absolute Gasteiger partial charge is 0.290 e. The number of aromatic amines is 1. The molecule has 4 nitrogen and oxygen atoms in total. The van der Waals surface area contributed by atoms with Crippen LogP contribution >= 0.6 is 11.6 Å².